The van der Waals surface area contributed by atoms with Crippen molar-refractivity contribution in [3.8, 4) is 0 Å². The SMILES string of the molecule is C[C@@H](C(=O)N[C@H]1CN(C(=O)NCC2CC2)c2ccccc2N(CC(F)(F)F)C1=O)N(CC(F)(F)C(F)(F)F)C(=O)O. The van der Waals surface area contributed by atoms with Crippen LogP contribution in [-0.2, 0) is 9.59 Å². The Labute approximate surface area is 227 Å². The molecule has 5 amide bonds. The summed E-state index contributed by atoms with van der Waals surface area (Å²) in [7, 11) is 0. The summed E-state index contributed by atoms with van der Waals surface area (Å²) in [6.07, 6.45) is -11.8. The van der Waals surface area contributed by atoms with Crippen molar-refractivity contribution < 1.29 is 59.4 Å². The first-order valence-electron chi connectivity index (χ1n) is 12.1. The molecule has 1 fully saturated rings. The van der Waals surface area contributed by atoms with Crippen molar-refractivity contribution in [1.82, 2.24) is 15.5 Å². The normalized spacial score (nSPS) is 18.8. The lowest BCUT2D eigenvalue weighted by Gasteiger charge is -2.32. The Morgan fingerprint density at radius 2 is 1.63 bits per heavy atom. The average molecular weight is 603 g/mol. The number of hydrogen-bond acceptors (Lipinski definition) is 4. The molecule has 10 nitrogen and oxygen atoms in total. The van der Waals surface area contributed by atoms with E-state index in [4.69, 9.17) is 0 Å². The summed E-state index contributed by atoms with van der Waals surface area (Å²) in [5, 5.41) is 13.7. The van der Waals surface area contributed by atoms with Crippen LogP contribution in [0, 0.1) is 5.92 Å². The van der Waals surface area contributed by atoms with Crippen molar-refractivity contribution in [1.29, 1.82) is 0 Å². The Hall–Kier alpha value is -3.86. The number of hydrogen-bond donors (Lipinski definition) is 3. The zero-order chi connectivity index (χ0) is 30.9. The summed E-state index contributed by atoms with van der Waals surface area (Å²) in [6, 6.07) is -0.0301. The summed E-state index contributed by atoms with van der Waals surface area (Å²) >= 11 is 0. The summed E-state index contributed by atoms with van der Waals surface area (Å²) < 4.78 is 106. The van der Waals surface area contributed by atoms with Crippen LogP contribution in [0.3, 0.4) is 0 Å². The van der Waals surface area contributed by atoms with Gasteiger partial charge in [0, 0.05) is 6.54 Å². The van der Waals surface area contributed by atoms with Gasteiger partial charge in [0.1, 0.15) is 18.6 Å². The molecule has 2 atom stereocenters. The van der Waals surface area contributed by atoms with Gasteiger partial charge in [-0.15, -0.1) is 0 Å². The summed E-state index contributed by atoms with van der Waals surface area (Å²) in [4.78, 5) is 51.3. The molecule has 41 heavy (non-hydrogen) atoms. The van der Waals surface area contributed by atoms with E-state index in [1.165, 1.54) is 18.2 Å². The lowest BCUT2D eigenvalue weighted by atomic mass is 10.2. The van der Waals surface area contributed by atoms with E-state index in [-0.39, 0.29) is 28.7 Å². The number of para-hydroxylation sites is 2. The predicted molar refractivity (Wildman–Crippen MR) is 125 cm³/mol. The van der Waals surface area contributed by atoms with E-state index < -0.39 is 78.8 Å². The van der Waals surface area contributed by atoms with Crippen LogP contribution in [0.4, 0.5) is 56.1 Å². The van der Waals surface area contributed by atoms with Crippen LogP contribution in [0.15, 0.2) is 24.3 Å². The third-order valence-corrected chi connectivity index (χ3v) is 6.41. The van der Waals surface area contributed by atoms with Gasteiger partial charge in [0.2, 0.25) is 5.91 Å². The number of anilines is 2. The predicted octanol–water partition coefficient (Wildman–Crippen LogP) is 3.57. The van der Waals surface area contributed by atoms with E-state index in [0.717, 1.165) is 23.8 Å². The quantitative estimate of drug-likeness (QED) is 0.393. The molecule has 3 N–H and O–H groups in total. The van der Waals surface area contributed by atoms with E-state index in [1.54, 1.807) is 0 Å². The largest absolute Gasteiger partial charge is 0.465 e. The summed E-state index contributed by atoms with van der Waals surface area (Å²) in [6.45, 7) is -4.24. The fourth-order valence-corrected chi connectivity index (χ4v) is 3.99. The van der Waals surface area contributed by atoms with Gasteiger partial charge in [0.05, 0.1) is 24.5 Å². The van der Waals surface area contributed by atoms with Crippen LogP contribution in [-0.4, -0.2) is 90.5 Å². The minimum absolute atomic E-state index is 0.139. The highest BCUT2D eigenvalue weighted by Crippen LogP contribution is 2.37. The van der Waals surface area contributed by atoms with E-state index >= 15 is 0 Å². The van der Waals surface area contributed by atoms with Crippen molar-refractivity contribution >= 4 is 35.3 Å². The average Bonchev–Trinajstić information content (AvgIpc) is 3.69. The summed E-state index contributed by atoms with van der Waals surface area (Å²) in [5.74, 6) is -8.34. The van der Waals surface area contributed by atoms with Gasteiger partial charge in [-0.1, -0.05) is 12.1 Å². The zero-order valence-corrected chi connectivity index (χ0v) is 21.2. The number of alkyl halides is 8. The number of carbonyl (C=O) groups excluding carboxylic acids is 3. The number of fused-ring (bicyclic) bond motifs is 1. The molecule has 0 aromatic heterocycles. The highest BCUT2D eigenvalue weighted by atomic mass is 19.4. The molecule has 0 radical (unpaired) electrons. The number of urea groups is 1. The van der Waals surface area contributed by atoms with Gasteiger partial charge >= 0.3 is 30.4 Å². The maximum Gasteiger partial charge on any atom is 0.455 e. The van der Waals surface area contributed by atoms with Crippen molar-refractivity contribution in [2.45, 2.75) is 50.1 Å². The second-order valence-electron chi connectivity index (χ2n) is 9.62. The number of carboxylic acid groups (broad SMARTS) is 1. The molecule has 0 saturated heterocycles. The fourth-order valence-electron chi connectivity index (χ4n) is 3.99. The molecule has 2 aliphatic rings. The number of nitrogens with zero attached hydrogens (tertiary/aromatic N) is 3. The molecule has 228 valence electrons. The molecule has 3 rings (SSSR count). The molecule has 0 bridgehead atoms. The van der Waals surface area contributed by atoms with Gasteiger partial charge in [-0.25, -0.2) is 9.59 Å². The van der Waals surface area contributed by atoms with E-state index in [1.807, 2.05) is 5.32 Å². The van der Waals surface area contributed by atoms with Crippen LogP contribution in [0.2, 0.25) is 0 Å². The van der Waals surface area contributed by atoms with Crippen molar-refractivity contribution in [3.63, 3.8) is 0 Å². The molecule has 1 aliphatic carbocycles. The number of halogens is 8. The van der Waals surface area contributed by atoms with Gasteiger partial charge < -0.3 is 15.7 Å². The Morgan fingerprint density at radius 1 is 1.05 bits per heavy atom. The number of rotatable bonds is 8. The molecular weight excluding hydrogens is 578 g/mol. The van der Waals surface area contributed by atoms with Gasteiger partial charge in [-0.2, -0.15) is 35.1 Å². The fraction of sp³-hybridized carbons (Fsp3) is 0.565. The Kier molecular flexibility index (Phi) is 8.93. The number of benzene rings is 1. The van der Waals surface area contributed by atoms with Crippen LogP contribution in [0.25, 0.3) is 0 Å². The second kappa shape index (κ2) is 11.6. The van der Waals surface area contributed by atoms with E-state index in [2.05, 4.69) is 5.32 Å². The minimum Gasteiger partial charge on any atom is -0.465 e. The minimum atomic E-state index is -6.16. The molecular formula is C23H25F8N5O5. The lowest BCUT2D eigenvalue weighted by Crippen LogP contribution is -2.60. The first-order valence-corrected chi connectivity index (χ1v) is 12.1. The van der Waals surface area contributed by atoms with Gasteiger partial charge in [-0.3, -0.25) is 24.3 Å². The molecule has 18 heteroatoms. The first kappa shape index (κ1) is 31.7. The third kappa shape index (κ3) is 7.66. The van der Waals surface area contributed by atoms with Gasteiger partial charge in [0.25, 0.3) is 5.91 Å². The zero-order valence-electron chi connectivity index (χ0n) is 21.2. The second-order valence-corrected chi connectivity index (χ2v) is 9.62. The van der Waals surface area contributed by atoms with Gasteiger partial charge in [-0.05, 0) is 37.8 Å². The van der Waals surface area contributed by atoms with Crippen molar-refractivity contribution in [2.24, 2.45) is 5.92 Å². The monoisotopic (exact) mass is 603 g/mol. The van der Waals surface area contributed by atoms with Crippen LogP contribution < -0.4 is 20.4 Å². The highest BCUT2D eigenvalue weighted by Gasteiger charge is 2.59. The lowest BCUT2D eigenvalue weighted by molar-refractivity contribution is -0.285. The Morgan fingerprint density at radius 3 is 2.15 bits per heavy atom. The molecule has 1 aliphatic heterocycles. The maximum atomic E-state index is 13.6. The van der Waals surface area contributed by atoms with Crippen LogP contribution >= 0.6 is 0 Å². The standard InChI is InChI=1S/C23H25F8N5O5/c1-12(35(20(40)41)10-21(24,25)23(29,30)31)17(37)33-14-9-34(19(39)32-8-13-6-7-13)15-4-2-3-5-16(15)36(18(14)38)11-22(26,27)28/h2-5,12-14H,6-11H2,1H3,(H,32,39)(H,33,37)(H,40,41)/t12-,14-/m0/s1. The Balaban J connectivity index is 1.94. The van der Waals surface area contributed by atoms with Crippen molar-refractivity contribution in [2.75, 3.05) is 36.0 Å². The van der Waals surface area contributed by atoms with Gasteiger partial charge in [0.15, 0.2) is 0 Å². The molecule has 1 aromatic carbocycles. The molecule has 1 aromatic rings. The third-order valence-electron chi connectivity index (χ3n) is 6.41. The summed E-state index contributed by atoms with van der Waals surface area (Å²) in [5.41, 5.74) is -0.488. The molecule has 1 saturated carbocycles. The topological polar surface area (TPSA) is 122 Å². The molecule has 0 unspecified atom stereocenters. The smallest absolute Gasteiger partial charge is 0.455 e. The van der Waals surface area contributed by atoms with Crippen LogP contribution in [0.1, 0.15) is 19.8 Å². The van der Waals surface area contributed by atoms with E-state index in [0.29, 0.717) is 6.92 Å². The molecule has 1 heterocycles. The maximum absolute atomic E-state index is 13.6. The number of nitrogens with one attached hydrogen (secondary N) is 2. The van der Waals surface area contributed by atoms with E-state index in [9.17, 15) is 59.4 Å². The highest BCUT2D eigenvalue weighted by molar-refractivity contribution is 6.08. The number of carbonyl (C=O) groups is 4. The molecule has 0 spiro atoms. The van der Waals surface area contributed by atoms with Crippen molar-refractivity contribution in [3.05, 3.63) is 24.3 Å². The first-order chi connectivity index (χ1) is 18.8. The van der Waals surface area contributed by atoms with Crippen LogP contribution in [0.5, 0.6) is 0 Å². The Bertz CT molecular complexity index is 1170. The number of amides is 5.